The molecule has 0 radical (unpaired) electrons. The summed E-state index contributed by atoms with van der Waals surface area (Å²) in [6.07, 6.45) is 3.76. The summed E-state index contributed by atoms with van der Waals surface area (Å²) in [6, 6.07) is 15.4. The minimum atomic E-state index is -0.655. The highest BCUT2D eigenvalue weighted by Crippen LogP contribution is 2.44. The van der Waals surface area contributed by atoms with Crippen molar-refractivity contribution >= 4 is 51.3 Å². The van der Waals surface area contributed by atoms with Crippen molar-refractivity contribution in [3.8, 4) is 0 Å². The van der Waals surface area contributed by atoms with E-state index in [1.807, 2.05) is 87.1 Å². The predicted molar refractivity (Wildman–Crippen MR) is 144 cm³/mol. The zero-order valence-electron chi connectivity index (χ0n) is 21.9. The molecule has 1 unspecified atom stereocenters. The van der Waals surface area contributed by atoms with Crippen molar-refractivity contribution in [2.45, 2.75) is 51.8 Å². The Kier molecular flexibility index (Phi) is 5.54. The fraction of sp³-hybridized carbons (Fsp3) is 0.300. The second-order valence-electron chi connectivity index (χ2n) is 10.9. The molecule has 0 N–H and O–H groups in total. The van der Waals surface area contributed by atoms with Crippen molar-refractivity contribution in [1.82, 2.24) is 14.2 Å². The first-order valence-corrected chi connectivity index (χ1v) is 12.8. The van der Waals surface area contributed by atoms with Gasteiger partial charge in [0.05, 0.1) is 22.8 Å². The molecule has 4 heterocycles. The first-order chi connectivity index (χ1) is 18.2. The van der Waals surface area contributed by atoms with Crippen LogP contribution in [-0.2, 0) is 44.0 Å². The number of hydroxylamine groups is 2. The number of ether oxygens (including phenoxy) is 1. The van der Waals surface area contributed by atoms with Crippen molar-refractivity contribution in [3.05, 3.63) is 71.5 Å². The lowest BCUT2D eigenvalue weighted by Gasteiger charge is -2.36. The summed E-state index contributed by atoms with van der Waals surface area (Å²) < 4.78 is 9.39. The van der Waals surface area contributed by atoms with E-state index in [4.69, 9.17) is 9.57 Å². The number of benzene rings is 2. The highest BCUT2D eigenvalue weighted by Gasteiger charge is 2.41. The summed E-state index contributed by atoms with van der Waals surface area (Å²) in [4.78, 5) is 44.6. The fourth-order valence-corrected chi connectivity index (χ4v) is 5.82. The number of carbonyl (C=O) groups is 3. The van der Waals surface area contributed by atoms with Gasteiger partial charge in [-0.1, -0.05) is 36.4 Å². The molecular formula is C30H29N3O5. The number of carbonyl (C=O) groups excluding carboxylic acids is 3. The third-order valence-electron chi connectivity index (χ3n) is 7.30. The monoisotopic (exact) mass is 511 g/mol. The van der Waals surface area contributed by atoms with Gasteiger partial charge in [0.2, 0.25) is 6.41 Å². The Bertz CT molecular complexity index is 1670. The van der Waals surface area contributed by atoms with Crippen LogP contribution < -0.4 is 0 Å². The van der Waals surface area contributed by atoms with Crippen molar-refractivity contribution in [3.63, 3.8) is 0 Å². The smallest absolute Gasteiger partial charge is 0.347 e. The van der Waals surface area contributed by atoms with Crippen LogP contribution in [0.2, 0.25) is 0 Å². The lowest BCUT2D eigenvalue weighted by atomic mass is 9.91. The van der Waals surface area contributed by atoms with E-state index in [1.165, 1.54) is 5.06 Å². The minimum Gasteiger partial charge on any atom is -0.386 e. The molecule has 8 nitrogen and oxygen atoms in total. The van der Waals surface area contributed by atoms with Crippen LogP contribution in [0.15, 0.2) is 54.7 Å². The van der Waals surface area contributed by atoms with Crippen molar-refractivity contribution < 1.29 is 24.0 Å². The maximum Gasteiger partial charge on any atom is 0.347 e. The standard InChI is InChI=1S/C30H29N3O5/c1-30(2,3)38-33(17-34)18-13-14-32-23-12-8-6-10-20(23)25(24(32)15-18)27-26(28(35)37-29(27)36)21-16-31(4)22-11-7-5-9-19(21)22/h5-12,16-18H,13-15H2,1-4H3. The van der Waals surface area contributed by atoms with E-state index in [1.54, 1.807) is 0 Å². The summed E-state index contributed by atoms with van der Waals surface area (Å²) in [5, 5.41) is 3.13. The number of hydrogen-bond donors (Lipinski definition) is 0. The quantitative estimate of drug-likeness (QED) is 0.169. The molecular weight excluding hydrogens is 482 g/mol. The number of fused-ring (bicyclic) bond motifs is 4. The van der Waals surface area contributed by atoms with Gasteiger partial charge in [-0.3, -0.25) is 9.63 Å². The van der Waals surface area contributed by atoms with E-state index < -0.39 is 17.5 Å². The molecule has 38 heavy (non-hydrogen) atoms. The fourth-order valence-electron chi connectivity index (χ4n) is 5.82. The molecule has 2 aliphatic heterocycles. The van der Waals surface area contributed by atoms with E-state index in [0.717, 1.165) is 33.9 Å². The van der Waals surface area contributed by atoms with Crippen LogP contribution in [0.5, 0.6) is 0 Å². The first kappa shape index (κ1) is 24.2. The van der Waals surface area contributed by atoms with Crippen molar-refractivity contribution in [2.75, 3.05) is 0 Å². The number of hydrogen-bond acceptors (Lipinski definition) is 5. The number of aryl methyl sites for hydroxylation is 2. The van der Waals surface area contributed by atoms with Crippen LogP contribution in [0.4, 0.5) is 0 Å². The largest absolute Gasteiger partial charge is 0.386 e. The van der Waals surface area contributed by atoms with E-state index >= 15 is 0 Å². The van der Waals surface area contributed by atoms with E-state index in [9.17, 15) is 14.4 Å². The average molecular weight is 512 g/mol. The summed E-state index contributed by atoms with van der Waals surface area (Å²) >= 11 is 0. The predicted octanol–water partition coefficient (Wildman–Crippen LogP) is 4.63. The van der Waals surface area contributed by atoms with Crippen LogP contribution in [0.3, 0.4) is 0 Å². The average Bonchev–Trinajstić information content (AvgIpc) is 3.49. The number of nitrogens with zero attached hydrogens (tertiary/aromatic N) is 3. The van der Waals surface area contributed by atoms with Crippen LogP contribution in [-0.4, -0.2) is 44.2 Å². The molecule has 0 aliphatic carbocycles. The van der Waals surface area contributed by atoms with Crippen LogP contribution in [0.25, 0.3) is 33.0 Å². The van der Waals surface area contributed by atoms with Gasteiger partial charge in [-0.15, -0.1) is 0 Å². The SMILES string of the molecule is Cn1cc(C2=C(c3c4n(c5ccccc35)CCC(N(C=O)OC(C)(C)C)C4)C(=O)OC2=O)c2ccccc21. The highest BCUT2D eigenvalue weighted by molar-refractivity contribution is 6.47. The van der Waals surface area contributed by atoms with Gasteiger partial charge < -0.3 is 13.9 Å². The molecule has 0 fully saturated rings. The molecule has 0 saturated carbocycles. The van der Waals surface area contributed by atoms with Crippen LogP contribution in [0.1, 0.15) is 44.0 Å². The molecule has 0 spiro atoms. The van der Waals surface area contributed by atoms with Gasteiger partial charge >= 0.3 is 11.9 Å². The lowest BCUT2D eigenvalue weighted by molar-refractivity contribution is -0.234. The lowest BCUT2D eigenvalue weighted by Crippen LogP contribution is -2.44. The van der Waals surface area contributed by atoms with Gasteiger partial charge in [-0.05, 0) is 39.3 Å². The molecule has 2 aliphatic rings. The molecule has 0 saturated heterocycles. The molecule has 2 aromatic carbocycles. The molecule has 1 atom stereocenters. The van der Waals surface area contributed by atoms with E-state index in [-0.39, 0.29) is 17.2 Å². The van der Waals surface area contributed by atoms with Gasteiger partial charge in [-0.2, -0.15) is 0 Å². The number of amides is 1. The third kappa shape index (κ3) is 3.75. The Balaban J connectivity index is 1.59. The summed E-state index contributed by atoms with van der Waals surface area (Å²) in [6.45, 7) is 6.33. The number of aromatic nitrogens is 2. The Morgan fingerprint density at radius 3 is 2.34 bits per heavy atom. The van der Waals surface area contributed by atoms with Gasteiger partial charge in [-0.25, -0.2) is 14.7 Å². The van der Waals surface area contributed by atoms with Crippen LogP contribution >= 0.6 is 0 Å². The van der Waals surface area contributed by atoms with Crippen LogP contribution in [0, 0.1) is 0 Å². The Hall–Kier alpha value is -4.17. The number of rotatable bonds is 5. The minimum absolute atomic E-state index is 0.225. The number of para-hydroxylation sites is 2. The van der Waals surface area contributed by atoms with Crippen molar-refractivity contribution in [2.24, 2.45) is 7.05 Å². The Labute approximate surface area is 220 Å². The second kappa shape index (κ2) is 8.70. The topological polar surface area (TPSA) is 82.8 Å². The summed E-state index contributed by atoms with van der Waals surface area (Å²) in [5.41, 5.74) is 4.15. The van der Waals surface area contributed by atoms with Gasteiger partial charge in [0.15, 0.2) is 0 Å². The maximum atomic E-state index is 13.4. The Morgan fingerprint density at radius 1 is 0.974 bits per heavy atom. The molecule has 0 bridgehead atoms. The third-order valence-corrected chi connectivity index (χ3v) is 7.30. The molecule has 194 valence electrons. The van der Waals surface area contributed by atoms with Gasteiger partial charge in [0.1, 0.15) is 0 Å². The zero-order chi connectivity index (χ0) is 26.8. The number of esters is 2. The van der Waals surface area contributed by atoms with E-state index in [2.05, 4.69) is 4.57 Å². The normalized spacial score (nSPS) is 17.8. The second-order valence-corrected chi connectivity index (χ2v) is 10.9. The number of cyclic esters (lactones) is 2. The molecule has 4 aromatic rings. The summed E-state index contributed by atoms with van der Waals surface area (Å²) in [7, 11) is 1.91. The maximum absolute atomic E-state index is 13.4. The Morgan fingerprint density at radius 2 is 1.63 bits per heavy atom. The molecule has 1 amide bonds. The molecule has 8 heteroatoms. The molecule has 2 aromatic heterocycles. The van der Waals surface area contributed by atoms with E-state index in [0.29, 0.717) is 30.5 Å². The summed E-state index contributed by atoms with van der Waals surface area (Å²) in [5.74, 6) is -1.30. The highest BCUT2D eigenvalue weighted by atomic mass is 16.7. The first-order valence-electron chi connectivity index (χ1n) is 12.8. The van der Waals surface area contributed by atoms with Crippen molar-refractivity contribution in [1.29, 1.82) is 0 Å². The molecule has 6 rings (SSSR count). The van der Waals surface area contributed by atoms with Gasteiger partial charge in [0.25, 0.3) is 0 Å². The van der Waals surface area contributed by atoms with Gasteiger partial charge in [0, 0.05) is 64.8 Å². The zero-order valence-corrected chi connectivity index (χ0v) is 21.9.